The van der Waals surface area contributed by atoms with Crippen LogP contribution in [-0.2, 0) is 6.54 Å². The summed E-state index contributed by atoms with van der Waals surface area (Å²) in [4.78, 5) is 9.60. The molecule has 3 aromatic heterocycles. The standard InChI is InChI=1S/C24H25N7O/c25-17-20-23(21-7-4-16-32-21)28-31-10-8-22(27-24(20)31)26-9-11-29-12-14-30(15-13-29)18-19-5-2-1-3-6-19/h1-8,10,16H,9,11-15,18H2,(H,26,27). The molecule has 1 aromatic carbocycles. The van der Waals surface area contributed by atoms with Crippen molar-refractivity contribution in [3.05, 3.63) is 72.1 Å². The number of nitrogens with one attached hydrogen (secondary N) is 1. The van der Waals surface area contributed by atoms with Crippen molar-refractivity contribution in [1.82, 2.24) is 24.4 Å². The van der Waals surface area contributed by atoms with Gasteiger partial charge in [0.1, 0.15) is 23.1 Å². The fourth-order valence-electron chi connectivity index (χ4n) is 4.07. The van der Waals surface area contributed by atoms with Gasteiger partial charge in [0.15, 0.2) is 11.4 Å². The first kappa shape index (κ1) is 20.2. The number of nitriles is 1. The second-order valence-corrected chi connectivity index (χ2v) is 7.92. The van der Waals surface area contributed by atoms with Crippen LogP contribution in [0.2, 0.25) is 0 Å². The van der Waals surface area contributed by atoms with Gasteiger partial charge < -0.3 is 9.73 Å². The van der Waals surface area contributed by atoms with E-state index in [2.05, 4.69) is 61.6 Å². The van der Waals surface area contributed by atoms with Crippen LogP contribution in [0, 0.1) is 11.3 Å². The summed E-state index contributed by atoms with van der Waals surface area (Å²) in [6.45, 7) is 7.05. The molecule has 0 spiro atoms. The van der Waals surface area contributed by atoms with Gasteiger partial charge in [0.25, 0.3) is 0 Å². The van der Waals surface area contributed by atoms with Crippen LogP contribution in [0.15, 0.2) is 65.4 Å². The highest BCUT2D eigenvalue weighted by molar-refractivity contribution is 5.72. The molecule has 0 radical (unpaired) electrons. The number of hydrogen-bond donors (Lipinski definition) is 1. The predicted molar refractivity (Wildman–Crippen MR) is 122 cm³/mol. The Labute approximate surface area is 186 Å². The van der Waals surface area contributed by atoms with E-state index in [1.54, 1.807) is 22.9 Å². The van der Waals surface area contributed by atoms with Crippen molar-refractivity contribution in [2.75, 3.05) is 44.6 Å². The van der Waals surface area contributed by atoms with E-state index >= 15 is 0 Å². The molecule has 5 rings (SSSR count). The minimum absolute atomic E-state index is 0.415. The van der Waals surface area contributed by atoms with Gasteiger partial charge in [-0.15, -0.1) is 0 Å². The van der Waals surface area contributed by atoms with E-state index < -0.39 is 0 Å². The van der Waals surface area contributed by atoms with Gasteiger partial charge in [-0.05, 0) is 23.8 Å². The summed E-state index contributed by atoms with van der Waals surface area (Å²) in [7, 11) is 0. The Bertz CT molecular complexity index is 1200. The number of nitrogens with zero attached hydrogens (tertiary/aromatic N) is 6. The molecule has 32 heavy (non-hydrogen) atoms. The largest absolute Gasteiger partial charge is 0.463 e. The molecule has 1 aliphatic rings. The fourth-order valence-corrected chi connectivity index (χ4v) is 4.07. The Balaban J connectivity index is 1.15. The predicted octanol–water partition coefficient (Wildman–Crippen LogP) is 3.09. The average molecular weight is 428 g/mol. The Morgan fingerprint density at radius 2 is 1.81 bits per heavy atom. The highest BCUT2D eigenvalue weighted by atomic mass is 16.3. The first-order chi connectivity index (χ1) is 15.8. The molecule has 8 heteroatoms. The third-order valence-electron chi connectivity index (χ3n) is 5.80. The van der Waals surface area contributed by atoms with E-state index in [-0.39, 0.29) is 0 Å². The minimum atomic E-state index is 0.415. The number of benzene rings is 1. The normalized spacial score (nSPS) is 15.1. The van der Waals surface area contributed by atoms with Crippen LogP contribution in [0.5, 0.6) is 0 Å². The quantitative estimate of drug-likeness (QED) is 0.485. The lowest BCUT2D eigenvalue weighted by molar-refractivity contribution is 0.130. The van der Waals surface area contributed by atoms with Crippen molar-refractivity contribution >= 4 is 11.5 Å². The lowest BCUT2D eigenvalue weighted by Gasteiger charge is -2.34. The van der Waals surface area contributed by atoms with E-state index in [9.17, 15) is 5.26 Å². The maximum absolute atomic E-state index is 9.64. The molecule has 4 aromatic rings. The van der Waals surface area contributed by atoms with Crippen LogP contribution in [0.3, 0.4) is 0 Å². The topological polar surface area (TPSA) is 85.6 Å². The van der Waals surface area contributed by atoms with E-state index in [1.165, 1.54) is 5.56 Å². The zero-order valence-electron chi connectivity index (χ0n) is 17.8. The fraction of sp³-hybridized carbons (Fsp3) is 0.292. The molecule has 0 atom stereocenters. The van der Waals surface area contributed by atoms with E-state index in [0.29, 0.717) is 22.7 Å². The molecule has 0 unspecified atom stereocenters. The molecule has 0 amide bonds. The molecule has 1 N–H and O–H groups in total. The van der Waals surface area contributed by atoms with Crippen LogP contribution < -0.4 is 5.32 Å². The Kier molecular flexibility index (Phi) is 5.83. The molecular formula is C24H25N7O. The van der Waals surface area contributed by atoms with Gasteiger partial charge in [0.05, 0.1) is 6.26 Å². The summed E-state index contributed by atoms with van der Waals surface area (Å²) in [5, 5.41) is 17.5. The van der Waals surface area contributed by atoms with Crippen LogP contribution >= 0.6 is 0 Å². The molecule has 8 nitrogen and oxygen atoms in total. The van der Waals surface area contributed by atoms with Crippen LogP contribution in [0.25, 0.3) is 17.1 Å². The Morgan fingerprint density at radius 3 is 2.56 bits per heavy atom. The van der Waals surface area contributed by atoms with E-state index in [4.69, 9.17) is 4.42 Å². The van der Waals surface area contributed by atoms with Crippen LogP contribution in [0.4, 0.5) is 5.82 Å². The number of piperazine rings is 1. The maximum Gasteiger partial charge on any atom is 0.175 e. The van der Waals surface area contributed by atoms with E-state index in [1.807, 2.05) is 12.3 Å². The second-order valence-electron chi connectivity index (χ2n) is 7.92. The van der Waals surface area contributed by atoms with E-state index in [0.717, 1.165) is 51.6 Å². The highest BCUT2D eigenvalue weighted by Gasteiger charge is 2.19. The number of aromatic nitrogens is 3. The molecule has 0 bridgehead atoms. The lowest BCUT2D eigenvalue weighted by Crippen LogP contribution is -2.47. The van der Waals surface area contributed by atoms with Crippen molar-refractivity contribution in [1.29, 1.82) is 5.26 Å². The van der Waals surface area contributed by atoms with Gasteiger partial charge in [-0.1, -0.05) is 30.3 Å². The molecule has 1 fully saturated rings. The highest BCUT2D eigenvalue weighted by Crippen LogP contribution is 2.25. The van der Waals surface area contributed by atoms with Crippen molar-refractivity contribution in [2.45, 2.75) is 6.54 Å². The molecule has 1 aliphatic heterocycles. The smallest absolute Gasteiger partial charge is 0.175 e. The first-order valence-corrected chi connectivity index (χ1v) is 10.9. The summed E-state index contributed by atoms with van der Waals surface area (Å²) in [6, 6.07) is 18.3. The van der Waals surface area contributed by atoms with Gasteiger partial charge in [0, 0.05) is 52.0 Å². The first-order valence-electron chi connectivity index (χ1n) is 10.9. The number of furan rings is 1. The number of rotatable bonds is 7. The van der Waals surface area contributed by atoms with Crippen LogP contribution in [0.1, 0.15) is 11.1 Å². The third-order valence-corrected chi connectivity index (χ3v) is 5.80. The van der Waals surface area contributed by atoms with Crippen molar-refractivity contribution in [3.8, 4) is 17.5 Å². The SMILES string of the molecule is N#Cc1c(-c2ccco2)nn2ccc(NCCN3CCN(Cc4ccccc4)CC3)nc12. The molecular weight excluding hydrogens is 402 g/mol. The number of hydrogen-bond acceptors (Lipinski definition) is 7. The monoisotopic (exact) mass is 427 g/mol. The molecule has 162 valence electrons. The van der Waals surface area contributed by atoms with Gasteiger partial charge in [-0.2, -0.15) is 10.4 Å². The van der Waals surface area contributed by atoms with Gasteiger partial charge in [0.2, 0.25) is 0 Å². The van der Waals surface area contributed by atoms with Gasteiger partial charge >= 0.3 is 0 Å². The van der Waals surface area contributed by atoms with Crippen molar-refractivity contribution in [3.63, 3.8) is 0 Å². The average Bonchev–Trinajstić information content (AvgIpc) is 3.48. The molecule has 1 saturated heterocycles. The van der Waals surface area contributed by atoms with Gasteiger partial charge in [-0.25, -0.2) is 9.50 Å². The zero-order valence-corrected chi connectivity index (χ0v) is 17.8. The van der Waals surface area contributed by atoms with Gasteiger partial charge in [-0.3, -0.25) is 9.80 Å². The molecule has 0 saturated carbocycles. The summed E-state index contributed by atoms with van der Waals surface area (Å²) < 4.78 is 7.03. The number of fused-ring (bicyclic) bond motifs is 1. The van der Waals surface area contributed by atoms with Crippen LogP contribution in [-0.4, -0.2) is 63.7 Å². The summed E-state index contributed by atoms with van der Waals surface area (Å²) >= 11 is 0. The summed E-state index contributed by atoms with van der Waals surface area (Å²) in [6.07, 6.45) is 3.39. The van der Waals surface area contributed by atoms with Crippen molar-refractivity contribution in [2.24, 2.45) is 0 Å². The minimum Gasteiger partial charge on any atom is -0.463 e. The summed E-state index contributed by atoms with van der Waals surface area (Å²) in [5.74, 6) is 1.30. The third kappa shape index (κ3) is 4.35. The lowest BCUT2D eigenvalue weighted by atomic mass is 10.2. The Morgan fingerprint density at radius 1 is 1.00 bits per heavy atom. The number of anilines is 1. The summed E-state index contributed by atoms with van der Waals surface area (Å²) in [5.41, 5.74) is 2.82. The molecule has 0 aliphatic carbocycles. The zero-order chi connectivity index (χ0) is 21.8. The molecule has 4 heterocycles. The van der Waals surface area contributed by atoms with Crippen molar-refractivity contribution < 1.29 is 4.42 Å². The second kappa shape index (κ2) is 9.22. The maximum atomic E-state index is 9.64. The Hall–Kier alpha value is -3.67.